The minimum Gasteiger partial charge on any atom is -0.412 e. The second kappa shape index (κ2) is 7.51. The zero-order valence-corrected chi connectivity index (χ0v) is 4.50. The van der Waals surface area contributed by atoms with Crippen molar-refractivity contribution in [3.63, 3.8) is 0 Å². The molecule has 8 heteroatoms. The van der Waals surface area contributed by atoms with Crippen molar-refractivity contribution in [1.29, 1.82) is 0 Å². The Morgan fingerprint density at radius 3 is 0.875 bits per heavy atom. The van der Waals surface area contributed by atoms with Crippen LogP contribution in [-0.4, -0.2) is 51.1 Å². The van der Waals surface area contributed by atoms with Crippen LogP contribution in [0.15, 0.2) is 0 Å². The van der Waals surface area contributed by atoms with Gasteiger partial charge in [0.25, 0.3) is 0 Å². The Balaban J connectivity index is -0.0000000267. The zero-order valence-electron chi connectivity index (χ0n) is 3.50. The molecule has 0 heterocycles. The monoisotopic (exact) mass is 161 g/mol. The van der Waals surface area contributed by atoms with Crippen LogP contribution in [0, 0.1) is 0 Å². The summed E-state index contributed by atoms with van der Waals surface area (Å²) in [6.07, 6.45) is 0. The molecule has 0 aliphatic heterocycles. The number of rotatable bonds is 0. The van der Waals surface area contributed by atoms with Crippen LogP contribution >= 0.6 is 0 Å². The molecule has 0 saturated heterocycles. The highest BCUT2D eigenvalue weighted by molar-refractivity contribution is 6.46. The van der Waals surface area contributed by atoms with Gasteiger partial charge in [0, 0.05) is 0 Å². The van der Waals surface area contributed by atoms with Crippen LogP contribution in [0.2, 0.25) is 0 Å². The summed E-state index contributed by atoms with van der Waals surface area (Å²) in [6.45, 7) is 0. The SMILES string of the molecule is N.O.O[Si](O)(O)O.[AlH3]. The molecule has 0 aliphatic rings. The Morgan fingerprint density at radius 1 is 0.875 bits per heavy atom. The molecule has 0 spiro atoms. The van der Waals surface area contributed by atoms with Gasteiger partial charge in [-0.05, 0) is 0 Å². The van der Waals surface area contributed by atoms with Gasteiger partial charge in [0.1, 0.15) is 0 Å². The second-order valence-electron chi connectivity index (χ2n) is 0.600. The normalized spacial score (nSPS) is 7.50. The molecule has 0 unspecified atom stereocenters. The predicted molar refractivity (Wildman–Crippen MR) is 33.2 cm³/mol. The van der Waals surface area contributed by atoms with E-state index in [9.17, 15) is 0 Å². The molecule has 0 fully saturated rings. The van der Waals surface area contributed by atoms with E-state index >= 15 is 0 Å². The second-order valence-corrected chi connectivity index (χ2v) is 1.80. The summed E-state index contributed by atoms with van der Waals surface area (Å²) < 4.78 is 0. The minimum absolute atomic E-state index is 0. The Morgan fingerprint density at radius 2 is 0.875 bits per heavy atom. The van der Waals surface area contributed by atoms with Gasteiger partial charge in [-0.25, -0.2) is 0 Å². The summed E-state index contributed by atoms with van der Waals surface area (Å²) >= 11 is 0. The molecule has 0 amide bonds. The summed E-state index contributed by atoms with van der Waals surface area (Å²) in [5.41, 5.74) is 0. The largest absolute Gasteiger partial charge is 0.668 e. The van der Waals surface area contributed by atoms with E-state index in [2.05, 4.69) is 0 Å². The van der Waals surface area contributed by atoms with Crippen molar-refractivity contribution in [1.82, 2.24) is 6.15 Å². The lowest BCUT2D eigenvalue weighted by atomic mass is 14.0. The fourth-order valence-corrected chi connectivity index (χ4v) is 0. The van der Waals surface area contributed by atoms with Crippen LogP contribution < -0.4 is 6.15 Å². The van der Waals surface area contributed by atoms with E-state index in [1.165, 1.54) is 0 Å². The lowest BCUT2D eigenvalue weighted by molar-refractivity contribution is 0.117. The lowest BCUT2D eigenvalue weighted by Crippen LogP contribution is -2.33. The molecular formula is H12AlNO5Si. The third-order valence-electron chi connectivity index (χ3n) is 0. The van der Waals surface area contributed by atoms with Gasteiger partial charge in [0.05, 0.1) is 0 Å². The molecule has 0 radical (unpaired) electrons. The maximum absolute atomic E-state index is 7.33. The van der Waals surface area contributed by atoms with E-state index in [0.717, 1.165) is 0 Å². The van der Waals surface area contributed by atoms with Crippen molar-refractivity contribution >= 4 is 26.4 Å². The van der Waals surface area contributed by atoms with E-state index in [1.54, 1.807) is 0 Å². The van der Waals surface area contributed by atoms with Gasteiger partial charge in [-0.1, -0.05) is 0 Å². The first-order valence-corrected chi connectivity index (χ1v) is 2.68. The highest BCUT2D eigenvalue weighted by atomic mass is 28.4. The van der Waals surface area contributed by atoms with Crippen molar-refractivity contribution in [2.24, 2.45) is 0 Å². The summed E-state index contributed by atoms with van der Waals surface area (Å²) in [7, 11) is -4.61. The Labute approximate surface area is 57.9 Å². The maximum Gasteiger partial charge on any atom is 0.668 e. The molecule has 0 rings (SSSR count). The fraction of sp³-hybridized carbons (Fsp3) is 0. The summed E-state index contributed by atoms with van der Waals surface area (Å²) in [5, 5.41) is 0. The van der Waals surface area contributed by atoms with Gasteiger partial charge in [-0.15, -0.1) is 0 Å². The van der Waals surface area contributed by atoms with Crippen LogP contribution in [0.1, 0.15) is 0 Å². The fourth-order valence-electron chi connectivity index (χ4n) is 0. The third-order valence-corrected chi connectivity index (χ3v) is 0. The van der Waals surface area contributed by atoms with Crippen molar-refractivity contribution in [3.8, 4) is 0 Å². The summed E-state index contributed by atoms with van der Waals surface area (Å²) in [5.74, 6) is 0. The van der Waals surface area contributed by atoms with E-state index in [1.807, 2.05) is 0 Å². The summed E-state index contributed by atoms with van der Waals surface area (Å²) in [6, 6.07) is 0. The van der Waals surface area contributed by atoms with Crippen LogP contribution in [0.3, 0.4) is 0 Å². The zero-order chi connectivity index (χ0) is 4.50. The summed E-state index contributed by atoms with van der Waals surface area (Å²) in [4.78, 5) is 29.3. The van der Waals surface area contributed by atoms with E-state index in [4.69, 9.17) is 19.2 Å². The Bertz CT molecular complexity index is 27.9. The molecule has 0 atom stereocenters. The lowest BCUT2D eigenvalue weighted by Gasteiger charge is -1.91. The Kier molecular flexibility index (Phi) is 22.2. The Hall–Kier alpha value is 0.509. The molecule has 8 heavy (non-hydrogen) atoms. The first-order chi connectivity index (χ1) is 2.00. The average Bonchev–Trinajstić information content (AvgIpc) is 0.722. The molecule has 0 saturated carbocycles. The first kappa shape index (κ1) is 23.6. The molecule has 0 aromatic rings. The van der Waals surface area contributed by atoms with Crippen LogP contribution in [0.4, 0.5) is 0 Å². The van der Waals surface area contributed by atoms with E-state index in [0.29, 0.717) is 0 Å². The van der Waals surface area contributed by atoms with Crippen LogP contribution in [0.5, 0.6) is 0 Å². The number of hydrogen-bond donors (Lipinski definition) is 5. The third kappa shape index (κ3) is 762. The molecule has 9 N–H and O–H groups in total. The van der Waals surface area contributed by atoms with Gasteiger partial charge in [-0.3, -0.25) is 0 Å². The predicted octanol–water partition coefficient (Wildman–Crippen LogP) is -4.46. The van der Waals surface area contributed by atoms with Gasteiger partial charge < -0.3 is 30.8 Å². The standard InChI is InChI=1S/Al.H3N.H4O4Si.H2O.3H/c;;1-5(2,3)4;;;;/h;1H3;1-4H;1H2;;;. The molecule has 0 aromatic carbocycles. The van der Waals surface area contributed by atoms with E-state index < -0.39 is 9.05 Å². The molecule has 0 aliphatic carbocycles. The quantitative estimate of drug-likeness (QED) is 0.227. The van der Waals surface area contributed by atoms with E-state index in [-0.39, 0.29) is 29.0 Å². The van der Waals surface area contributed by atoms with Crippen molar-refractivity contribution in [2.45, 2.75) is 0 Å². The van der Waals surface area contributed by atoms with Crippen LogP contribution in [0.25, 0.3) is 0 Å². The molecule has 54 valence electrons. The van der Waals surface area contributed by atoms with Crippen molar-refractivity contribution in [3.05, 3.63) is 0 Å². The molecule has 0 aromatic heterocycles. The van der Waals surface area contributed by atoms with Crippen molar-refractivity contribution in [2.75, 3.05) is 0 Å². The highest BCUT2D eigenvalue weighted by Gasteiger charge is 2.22. The van der Waals surface area contributed by atoms with Gasteiger partial charge in [0.15, 0.2) is 17.4 Å². The minimum atomic E-state index is -4.61. The van der Waals surface area contributed by atoms with Crippen molar-refractivity contribution < 1.29 is 24.7 Å². The first-order valence-electron chi connectivity index (χ1n) is 0.894. The van der Waals surface area contributed by atoms with Crippen LogP contribution in [-0.2, 0) is 0 Å². The molecule has 6 nitrogen and oxygen atoms in total. The number of hydrogen-bond acceptors (Lipinski definition) is 5. The average molecular weight is 161 g/mol. The van der Waals surface area contributed by atoms with Gasteiger partial charge >= 0.3 is 9.05 Å². The smallest absolute Gasteiger partial charge is 0.412 e. The molecule has 0 bridgehead atoms. The van der Waals surface area contributed by atoms with Gasteiger partial charge in [-0.2, -0.15) is 0 Å². The molecular weight excluding hydrogens is 149 g/mol. The highest BCUT2D eigenvalue weighted by Crippen LogP contribution is 1.67. The topological polar surface area (TPSA) is 147 Å². The van der Waals surface area contributed by atoms with Gasteiger partial charge in [0.2, 0.25) is 0 Å². The maximum atomic E-state index is 7.33.